The quantitative estimate of drug-likeness (QED) is 0.148. The van der Waals surface area contributed by atoms with Gasteiger partial charge in [-0.15, -0.1) is 0 Å². The number of ether oxygens (including phenoxy) is 4. The Morgan fingerprint density at radius 1 is 0.953 bits per heavy atom. The molecule has 2 aliphatic carbocycles. The summed E-state index contributed by atoms with van der Waals surface area (Å²) in [5.41, 5.74) is 3.63. The summed E-state index contributed by atoms with van der Waals surface area (Å²) < 4.78 is 26.7. The second-order valence-corrected chi connectivity index (χ2v) is 9.97. The molecule has 4 aromatic rings. The number of nitrogens with two attached hydrogens (primary N) is 1. The number of ketones is 2. The van der Waals surface area contributed by atoms with E-state index in [-0.39, 0.29) is 25.2 Å². The molecule has 43 heavy (non-hydrogen) atoms. The number of rotatable bonds is 3. The van der Waals surface area contributed by atoms with Gasteiger partial charge in [0.2, 0.25) is 6.79 Å². The van der Waals surface area contributed by atoms with Crippen molar-refractivity contribution in [2.75, 3.05) is 27.8 Å². The fourth-order valence-corrected chi connectivity index (χ4v) is 5.37. The fraction of sp³-hybridized carbons (Fsp3) is 0.375. The zero-order valence-corrected chi connectivity index (χ0v) is 25.5. The third-order valence-corrected chi connectivity index (χ3v) is 7.25. The van der Waals surface area contributed by atoms with Gasteiger partial charge in [0.15, 0.2) is 29.9 Å². The topological polar surface area (TPSA) is 130 Å². The highest BCUT2D eigenvalue weighted by Gasteiger charge is 2.30. The van der Waals surface area contributed by atoms with Crippen LogP contribution in [0.5, 0.6) is 17.2 Å². The van der Waals surface area contributed by atoms with E-state index < -0.39 is 0 Å². The first-order valence-electron chi connectivity index (χ1n) is 14.2. The van der Waals surface area contributed by atoms with Crippen LogP contribution in [0.2, 0.25) is 5.02 Å². The van der Waals surface area contributed by atoms with Gasteiger partial charge in [-0.2, -0.15) is 0 Å². The molecule has 7 rings (SSSR count). The van der Waals surface area contributed by atoms with Gasteiger partial charge in [-0.3, -0.25) is 14.6 Å². The van der Waals surface area contributed by atoms with Crippen molar-refractivity contribution >= 4 is 45.0 Å². The van der Waals surface area contributed by atoms with Crippen LogP contribution in [0.4, 0.5) is 0 Å². The number of aromatic nitrogens is 1. The third kappa shape index (κ3) is 7.22. The molecule has 3 heterocycles. The Labute approximate surface area is 254 Å². The molecule has 0 saturated heterocycles. The van der Waals surface area contributed by atoms with Gasteiger partial charge in [0.1, 0.15) is 11.3 Å². The molecule has 1 aliphatic heterocycles. The second-order valence-electron chi connectivity index (χ2n) is 9.59. The van der Waals surface area contributed by atoms with E-state index >= 15 is 0 Å². The Balaban J connectivity index is 0.000000172. The minimum atomic E-state index is 0.0777. The largest absolute Gasteiger partial charge is 0.468 e. The number of hydrogen-bond donors (Lipinski definition) is 1. The maximum atomic E-state index is 12.0. The average Bonchev–Trinajstić information content (AvgIpc) is 3.47. The highest BCUT2D eigenvalue weighted by atomic mass is 35.5. The van der Waals surface area contributed by atoms with Crippen molar-refractivity contribution in [2.24, 2.45) is 5.90 Å². The molecule has 0 radical (unpaired) electrons. The molecule has 0 fully saturated rings. The molecule has 0 unspecified atom stereocenters. The van der Waals surface area contributed by atoms with Crippen molar-refractivity contribution in [1.82, 2.24) is 4.98 Å². The number of nitrogens with zero attached hydrogens (tertiary/aromatic N) is 1. The van der Waals surface area contributed by atoms with Crippen molar-refractivity contribution < 1.29 is 37.8 Å². The summed E-state index contributed by atoms with van der Waals surface area (Å²) in [4.78, 5) is 32.2. The number of Topliss-reactive ketones (excluding diaryl/α,β-unsaturated/α-hetero) is 2. The summed E-state index contributed by atoms with van der Waals surface area (Å²) in [5, 5.41) is 2.11. The predicted molar refractivity (Wildman–Crippen MR) is 163 cm³/mol. The molecule has 0 amide bonds. The van der Waals surface area contributed by atoms with Crippen LogP contribution >= 0.6 is 11.6 Å². The number of pyridine rings is 1. The van der Waals surface area contributed by atoms with E-state index in [1.165, 1.54) is 7.11 Å². The van der Waals surface area contributed by atoms with E-state index in [1.807, 2.05) is 44.2 Å². The summed E-state index contributed by atoms with van der Waals surface area (Å²) in [6.07, 6.45) is 4.49. The van der Waals surface area contributed by atoms with E-state index in [4.69, 9.17) is 35.0 Å². The van der Waals surface area contributed by atoms with Gasteiger partial charge < -0.3 is 23.8 Å². The zero-order chi connectivity index (χ0) is 30.9. The van der Waals surface area contributed by atoms with Crippen molar-refractivity contribution in [1.29, 1.82) is 0 Å². The van der Waals surface area contributed by atoms with Gasteiger partial charge in [0.05, 0.1) is 46.8 Å². The van der Waals surface area contributed by atoms with E-state index in [0.717, 1.165) is 59.0 Å². The van der Waals surface area contributed by atoms with Crippen LogP contribution < -0.4 is 20.1 Å². The van der Waals surface area contributed by atoms with Crippen molar-refractivity contribution in [3.05, 3.63) is 64.0 Å². The highest BCUT2D eigenvalue weighted by Crippen LogP contribution is 2.38. The van der Waals surface area contributed by atoms with E-state index in [1.54, 1.807) is 13.2 Å². The number of aryl methyl sites for hydroxylation is 2. The molecule has 11 heteroatoms. The molecule has 0 spiro atoms. The lowest BCUT2D eigenvalue weighted by molar-refractivity contribution is 0.0512. The van der Waals surface area contributed by atoms with E-state index in [2.05, 4.69) is 15.7 Å². The van der Waals surface area contributed by atoms with Crippen molar-refractivity contribution in [3.8, 4) is 17.2 Å². The fourth-order valence-electron chi connectivity index (χ4n) is 5.00. The normalized spacial score (nSPS) is 14.4. The smallest absolute Gasteiger partial charge is 0.364 e. The maximum absolute atomic E-state index is 12.0. The molecule has 0 saturated carbocycles. The van der Waals surface area contributed by atoms with Crippen LogP contribution in [0.3, 0.4) is 0 Å². The minimum Gasteiger partial charge on any atom is -0.468 e. The van der Waals surface area contributed by atoms with Gasteiger partial charge in [-0.25, -0.2) is 10.3 Å². The number of carbonyl (C=O) groups excluding carboxylic acids is 2. The molecule has 0 bridgehead atoms. The summed E-state index contributed by atoms with van der Waals surface area (Å²) in [6.45, 7) is 4.41. The number of carbonyl (C=O) groups is 2. The Bertz CT molecular complexity index is 1630. The van der Waals surface area contributed by atoms with Crippen molar-refractivity contribution in [2.45, 2.75) is 52.4 Å². The van der Waals surface area contributed by atoms with E-state index in [0.29, 0.717) is 46.2 Å². The monoisotopic (exact) mass is 611 g/mol. The molecule has 228 valence electrons. The number of methoxy groups -OCH3 is 1. The molecule has 10 nitrogen and oxygen atoms in total. The van der Waals surface area contributed by atoms with Gasteiger partial charge in [-0.1, -0.05) is 25.4 Å². The summed E-state index contributed by atoms with van der Waals surface area (Å²) in [5.74, 6) is 7.44. The molecule has 2 aromatic carbocycles. The van der Waals surface area contributed by atoms with Gasteiger partial charge in [-0.05, 0) is 43.5 Å². The maximum Gasteiger partial charge on any atom is 0.364 e. The summed E-state index contributed by atoms with van der Waals surface area (Å²) in [7, 11) is 2.96. The van der Waals surface area contributed by atoms with Crippen LogP contribution in [-0.4, -0.2) is 44.4 Å². The minimum absolute atomic E-state index is 0.0777. The Morgan fingerprint density at radius 3 is 2.40 bits per heavy atom. The Kier molecular flexibility index (Phi) is 11.2. The highest BCUT2D eigenvalue weighted by molar-refractivity contribution is 6.38. The number of hydrogen-bond acceptors (Lipinski definition) is 9. The first-order valence-corrected chi connectivity index (χ1v) is 14.5. The lowest BCUT2D eigenvalue weighted by atomic mass is 9.93. The van der Waals surface area contributed by atoms with Crippen LogP contribution in [-0.2, 0) is 22.4 Å². The molecular formula is C32H36ClN2O8+. The lowest BCUT2D eigenvalue weighted by Gasteiger charge is -2.17. The van der Waals surface area contributed by atoms with Crippen LogP contribution in [0.25, 0.3) is 21.9 Å². The third-order valence-electron chi connectivity index (χ3n) is 6.85. The molecule has 0 atom stereocenters. The Hall–Kier alpha value is -3.83. The van der Waals surface area contributed by atoms with Crippen LogP contribution in [0, 0.1) is 0 Å². The SMILES string of the molecule is CC.COCOc1ccc2nc3c(c(Cl)c2c1)C(=O)CCC3.CON.O=C1CCCc2[o+]c3cc4c(cc3cc21)OCO4. The first kappa shape index (κ1) is 32.1. The van der Waals surface area contributed by atoms with Gasteiger partial charge in [0.25, 0.3) is 0 Å². The van der Waals surface area contributed by atoms with Crippen LogP contribution in [0.1, 0.15) is 71.7 Å². The second kappa shape index (κ2) is 15.1. The first-order chi connectivity index (χ1) is 20.9. The molecular weight excluding hydrogens is 576 g/mol. The standard InChI is InChI=1S/C15H14ClNO3.C14H11O4.C2H6.CH5NO/c1-19-8-20-9-5-6-11-10(7-9)15(16)14-12(17-11)3-2-4-13(14)18;15-10-2-1-3-11-9(10)4-8-5-13-14(17-7-16-13)6-12(8)18-11;1-2;1-3-2/h5-7H,2-4,8H2,1H3;4-6H,1-3,7H2;1-2H3;2H2,1H3/q;+1;;. The number of halogens is 1. The average molecular weight is 612 g/mol. The predicted octanol–water partition coefficient (Wildman–Crippen LogP) is 6.88. The number of benzene rings is 2. The Morgan fingerprint density at radius 2 is 1.65 bits per heavy atom. The summed E-state index contributed by atoms with van der Waals surface area (Å²) in [6, 6.07) is 11.1. The molecule has 3 aliphatic rings. The molecule has 2 N–H and O–H groups in total. The lowest BCUT2D eigenvalue weighted by Crippen LogP contribution is -2.13. The zero-order valence-electron chi connectivity index (χ0n) is 24.8. The molecule has 2 aromatic heterocycles. The van der Waals surface area contributed by atoms with Crippen LogP contribution in [0.15, 0.2) is 40.8 Å². The van der Waals surface area contributed by atoms with Gasteiger partial charge in [0, 0.05) is 31.4 Å². The van der Waals surface area contributed by atoms with E-state index in [9.17, 15) is 9.59 Å². The number of fused-ring (bicyclic) bond motifs is 5. The van der Waals surface area contributed by atoms with Gasteiger partial charge >= 0.3 is 11.3 Å². The summed E-state index contributed by atoms with van der Waals surface area (Å²) >= 11 is 6.41. The van der Waals surface area contributed by atoms with Crippen molar-refractivity contribution in [3.63, 3.8) is 0 Å².